The molecule has 1 aromatic heterocycles. The van der Waals surface area contributed by atoms with Gasteiger partial charge in [0.25, 0.3) is 0 Å². The molecule has 0 saturated carbocycles. The normalized spacial score (nSPS) is 15.9. The van der Waals surface area contributed by atoms with Crippen molar-refractivity contribution in [1.82, 2.24) is 9.88 Å². The summed E-state index contributed by atoms with van der Waals surface area (Å²) in [6.07, 6.45) is 7.68. The average Bonchev–Trinajstić information content (AvgIpc) is 2.85. The third-order valence-corrected chi connectivity index (χ3v) is 5.24. The monoisotopic (exact) mass is 360 g/mol. The number of aryl methyl sites for hydroxylation is 1. The first-order valence-corrected chi connectivity index (χ1v) is 9.55. The Bertz CT molecular complexity index is 933. The average molecular weight is 360 g/mol. The van der Waals surface area contributed by atoms with Crippen LogP contribution in [0, 0.1) is 6.92 Å². The van der Waals surface area contributed by atoms with Crippen LogP contribution in [0.3, 0.4) is 0 Å². The van der Waals surface area contributed by atoms with Gasteiger partial charge in [-0.3, -0.25) is 4.98 Å². The maximum Gasteiger partial charge on any atom is 0.409 e. The van der Waals surface area contributed by atoms with Gasteiger partial charge in [-0.15, -0.1) is 0 Å². The minimum Gasteiger partial charge on any atom is -0.450 e. The Balaban J connectivity index is 1.77. The number of amides is 1. The van der Waals surface area contributed by atoms with Crippen LogP contribution in [-0.2, 0) is 4.74 Å². The Morgan fingerprint density at radius 3 is 2.70 bits per heavy atom. The van der Waals surface area contributed by atoms with Gasteiger partial charge in [0.1, 0.15) is 0 Å². The third kappa shape index (κ3) is 3.39. The summed E-state index contributed by atoms with van der Waals surface area (Å²) in [6, 6.07) is 10.7. The lowest BCUT2D eigenvalue weighted by atomic mass is 9.88. The summed E-state index contributed by atoms with van der Waals surface area (Å²) in [4.78, 5) is 18.6. The molecule has 1 fully saturated rings. The molecule has 138 valence electrons. The van der Waals surface area contributed by atoms with E-state index in [1.165, 1.54) is 27.8 Å². The summed E-state index contributed by atoms with van der Waals surface area (Å²) in [6.45, 7) is 5.76. The lowest BCUT2D eigenvalue weighted by Gasteiger charge is -2.29. The molecular weight excluding hydrogens is 336 g/mol. The molecule has 1 aliphatic carbocycles. The van der Waals surface area contributed by atoms with E-state index in [1.807, 2.05) is 19.2 Å². The number of piperidine rings is 1. The lowest BCUT2D eigenvalue weighted by molar-refractivity contribution is 0.104. The van der Waals surface area contributed by atoms with Crippen molar-refractivity contribution in [1.29, 1.82) is 0 Å². The molecule has 1 saturated heterocycles. The van der Waals surface area contributed by atoms with Gasteiger partial charge >= 0.3 is 6.09 Å². The van der Waals surface area contributed by atoms with Gasteiger partial charge in [0, 0.05) is 30.4 Å². The highest BCUT2D eigenvalue weighted by Gasteiger charge is 2.25. The van der Waals surface area contributed by atoms with E-state index in [9.17, 15) is 4.79 Å². The number of nitrogens with zero attached hydrogens (tertiary/aromatic N) is 2. The number of aromatic nitrogens is 1. The fourth-order valence-electron chi connectivity index (χ4n) is 3.90. The van der Waals surface area contributed by atoms with Crippen LogP contribution < -0.4 is 0 Å². The fourth-order valence-corrected chi connectivity index (χ4v) is 3.90. The van der Waals surface area contributed by atoms with Crippen LogP contribution in [-0.4, -0.2) is 35.7 Å². The number of benzene rings is 1. The van der Waals surface area contributed by atoms with Gasteiger partial charge in [-0.25, -0.2) is 4.79 Å². The zero-order valence-electron chi connectivity index (χ0n) is 15.9. The van der Waals surface area contributed by atoms with E-state index in [4.69, 9.17) is 9.72 Å². The fraction of sp³-hybridized carbons (Fsp3) is 0.304. The number of fused-ring (bicyclic) bond motifs is 2. The lowest BCUT2D eigenvalue weighted by Crippen LogP contribution is -2.37. The molecule has 1 amide bonds. The first kappa shape index (κ1) is 17.5. The number of ether oxygens (including phenoxy) is 1. The van der Waals surface area contributed by atoms with Gasteiger partial charge in [-0.1, -0.05) is 47.6 Å². The summed E-state index contributed by atoms with van der Waals surface area (Å²) in [5.41, 5.74) is 8.48. The molecule has 0 N–H and O–H groups in total. The maximum atomic E-state index is 12.0. The Labute approximate surface area is 160 Å². The van der Waals surface area contributed by atoms with Gasteiger partial charge < -0.3 is 9.64 Å². The van der Waals surface area contributed by atoms with Crippen LogP contribution in [0.4, 0.5) is 4.79 Å². The topological polar surface area (TPSA) is 42.4 Å². The van der Waals surface area contributed by atoms with Gasteiger partial charge in [0.2, 0.25) is 0 Å². The van der Waals surface area contributed by atoms with E-state index in [2.05, 4.69) is 43.3 Å². The molecule has 4 rings (SSSR count). The van der Waals surface area contributed by atoms with Gasteiger partial charge in [-0.05, 0) is 43.9 Å². The summed E-state index contributed by atoms with van der Waals surface area (Å²) in [5.74, 6) is 0. The second-order valence-corrected chi connectivity index (χ2v) is 7.03. The molecule has 4 heteroatoms. The Kier molecular flexibility index (Phi) is 4.80. The minimum atomic E-state index is -0.210. The number of rotatable bonds is 1. The maximum absolute atomic E-state index is 12.0. The van der Waals surface area contributed by atoms with E-state index in [0.717, 1.165) is 24.1 Å². The van der Waals surface area contributed by atoms with E-state index in [0.29, 0.717) is 19.7 Å². The summed E-state index contributed by atoms with van der Waals surface area (Å²) in [7, 11) is 0. The van der Waals surface area contributed by atoms with Crippen molar-refractivity contribution >= 4 is 23.8 Å². The van der Waals surface area contributed by atoms with Crippen molar-refractivity contribution in [3.05, 3.63) is 70.0 Å². The molecule has 4 nitrogen and oxygen atoms in total. The summed E-state index contributed by atoms with van der Waals surface area (Å²) in [5, 5.41) is 0. The van der Waals surface area contributed by atoms with E-state index < -0.39 is 0 Å². The minimum absolute atomic E-state index is 0.210. The van der Waals surface area contributed by atoms with Crippen molar-refractivity contribution in [2.75, 3.05) is 19.7 Å². The van der Waals surface area contributed by atoms with Crippen LogP contribution >= 0.6 is 0 Å². The second-order valence-electron chi connectivity index (χ2n) is 7.03. The number of hydrogen-bond acceptors (Lipinski definition) is 3. The highest BCUT2D eigenvalue weighted by Crippen LogP contribution is 2.38. The van der Waals surface area contributed by atoms with Crippen molar-refractivity contribution in [2.45, 2.75) is 26.7 Å². The van der Waals surface area contributed by atoms with E-state index in [-0.39, 0.29) is 6.09 Å². The highest BCUT2D eigenvalue weighted by atomic mass is 16.6. The van der Waals surface area contributed by atoms with Crippen LogP contribution in [0.25, 0.3) is 17.7 Å². The van der Waals surface area contributed by atoms with Crippen LogP contribution in [0.5, 0.6) is 0 Å². The van der Waals surface area contributed by atoms with E-state index >= 15 is 0 Å². The molecule has 2 aromatic rings. The SMILES string of the molecule is CCOC(=O)N1CCC(=C2c3ccc(C)cc3C=Cc3cccnc32)CC1. The van der Waals surface area contributed by atoms with Gasteiger partial charge in [0.15, 0.2) is 0 Å². The molecule has 0 radical (unpaired) electrons. The molecule has 0 unspecified atom stereocenters. The van der Waals surface area contributed by atoms with Crippen molar-refractivity contribution in [2.24, 2.45) is 0 Å². The molecule has 1 aromatic carbocycles. The first-order chi connectivity index (χ1) is 13.2. The van der Waals surface area contributed by atoms with E-state index in [1.54, 1.807) is 4.90 Å². The number of likely N-dealkylation sites (tertiary alicyclic amines) is 1. The highest BCUT2D eigenvalue weighted by molar-refractivity contribution is 5.93. The van der Waals surface area contributed by atoms with Crippen molar-refractivity contribution < 1.29 is 9.53 Å². The molecule has 1 aliphatic heterocycles. The Morgan fingerprint density at radius 2 is 1.93 bits per heavy atom. The standard InChI is InChI=1S/C23H24N2O2/c1-3-27-23(26)25-13-10-17(11-14-25)21-20-9-6-16(2)15-19(20)8-7-18-5-4-12-24-22(18)21/h4-9,12,15H,3,10-11,13-14H2,1-2H3. The Hall–Kier alpha value is -2.88. The number of pyridine rings is 1. The number of carbonyl (C=O) groups excluding carboxylic acids is 1. The van der Waals surface area contributed by atoms with Gasteiger partial charge in [0.05, 0.1) is 12.3 Å². The predicted molar refractivity (Wildman–Crippen MR) is 108 cm³/mol. The quantitative estimate of drug-likeness (QED) is 0.618. The van der Waals surface area contributed by atoms with Crippen molar-refractivity contribution in [3.8, 4) is 0 Å². The van der Waals surface area contributed by atoms with Crippen LogP contribution in [0.2, 0.25) is 0 Å². The molecular formula is C23H24N2O2. The van der Waals surface area contributed by atoms with Crippen molar-refractivity contribution in [3.63, 3.8) is 0 Å². The molecule has 0 bridgehead atoms. The van der Waals surface area contributed by atoms with Gasteiger partial charge in [-0.2, -0.15) is 0 Å². The largest absolute Gasteiger partial charge is 0.450 e. The number of carbonyl (C=O) groups is 1. The third-order valence-electron chi connectivity index (χ3n) is 5.24. The Morgan fingerprint density at radius 1 is 1.15 bits per heavy atom. The molecule has 0 atom stereocenters. The molecule has 0 spiro atoms. The predicted octanol–water partition coefficient (Wildman–Crippen LogP) is 4.93. The number of hydrogen-bond donors (Lipinski definition) is 0. The molecule has 2 aliphatic rings. The van der Waals surface area contributed by atoms with Crippen LogP contribution in [0.1, 0.15) is 47.7 Å². The summed E-state index contributed by atoms with van der Waals surface area (Å²) < 4.78 is 5.16. The van der Waals surface area contributed by atoms with Crippen LogP contribution in [0.15, 0.2) is 42.1 Å². The zero-order chi connectivity index (χ0) is 18.8. The smallest absolute Gasteiger partial charge is 0.409 e. The zero-order valence-corrected chi connectivity index (χ0v) is 15.9. The second kappa shape index (κ2) is 7.39. The summed E-state index contributed by atoms with van der Waals surface area (Å²) >= 11 is 0. The molecule has 27 heavy (non-hydrogen) atoms. The molecule has 2 heterocycles. The first-order valence-electron chi connectivity index (χ1n) is 9.55.